The van der Waals surface area contributed by atoms with Crippen molar-refractivity contribution in [2.24, 2.45) is 0 Å². The fourth-order valence-corrected chi connectivity index (χ4v) is 2.92. The molecule has 0 saturated heterocycles. The van der Waals surface area contributed by atoms with Crippen LogP contribution in [0.2, 0.25) is 0 Å². The molecule has 0 fully saturated rings. The summed E-state index contributed by atoms with van der Waals surface area (Å²) < 4.78 is 2.13. The van der Waals surface area contributed by atoms with E-state index in [-0.39, 0.29) is 12.6 Å². The van der Waals surface area contributed by atoms with E-state index in [4.69, 9.17) is 0 Å². The number of benzene rings is 1. The monoisotopic (exact) mass is 329 g/mol. The summed E-state index contributed by atoms with van der Waals surface area (Å²) in [6, 6.07) is 7.23. The predicted octanol–water partition coefficient (Wildman–Crippen LogP) is 2.17. The number of nitrogens with one attached hydrogen (secondary N) is 2. The van der Waals surface area contributed by atoms with E-state index in [0.717, 1.165) is 43.0 Å². The van der Waals surface area contributed by atoms with E-state index < -0.39 is 6.10 Å². The number of aromatic nitrogens is 3. The van der Waals surface area contributed by atoms with E-state index in [2.05, 4.69) is 25.4 Å². The Morgan fingerprint density at radius 3 is 3.12 bits per heavy atom. The molecule has 1 aromatic heterocycles. The fraction of sp³-hybridized carbons (Fsp3) is 0.471. The van der Waals surface area contributed by atoms with Crippen LogP contribution in [0.3, 0.4) is 0 Å². The number of carbonyl (C=O) groups is 1. The van der Waals surface area contributed by atoms with Crippen molar-refractivity contribution in [3.05, 3.63) is 30.1 Å². The molecule has 0 aliphatic carbocycles. The number of anilines is 1. The van der Waals surface area contributed by atoms with Crippen molar-refractivity contribution in [3.8, 4) is 11.4 Å². The Morgan fingerprint density at radius 1 is 1.42 bits per heavy atom. The highest BCUT2D eigenvalue weighted by Gasteiger charge is 2.18. The molecule has 1 aromatic carbocycles. The number of aliphatic hydroxyl groups is 1. The van der Waals surface area contributed by atoms with Gasteiger partial charge < -0.3 is 20.3 Å². The molecule has 3 rings (SSSR count). The van der Waals surface area contributed by atoms with Crippen LogP contribution in [0.25, 0.3) is 11.4 Å². The number of carbonyl (C=O) groups excluding carboxylic acids is 1. The highest BCUT2D eigenvalue weighted by Crippen LogP contribution is 2.25. The maximum absolute atomic E-state index is 11.9. The van der Waals surface area contributed by atoms with Crippen molar-refractivity contribution in [1.82, 2.24) is 20.1 Å². The summed E-state index contributed by atoms with van der Waals surface area (Å²) in [6.45, 7) is 3.18. The quantitative estimate of drug-likeness (QED) is 0.757. The molecule has 0 saturated carbocycles. The molecule has 1 aliphatic heterocycles. The number of urea groups is 1. The maximum Gasteiger partial charge on any atom is 0.319 e. The third kappa shape index (κ3) is 3.73. The first-order valence-electron chi connectivity index (χ1n) is 8.43. The molecule has 2 heterocycles. The lowest BCUT2D eigenvalue weighted by Gasteiger charge is -2.12. The van der Waals surface area contributed by atoms with Crippen LogP contribution in [0.1, 0.15) is 32.0 Å². The minimum absolute atomic E-state index is 0.247. The zero-order valence-electron chi connectivity index (χ0n) is 13.8. The molecule has 128 valence electrons. The van der Waals surface area contributed by atoms with Crippen molar-refractivity contribution in [3.63, 3.8) is 0 Å². The molecule has 3 N–H and O–H groups in total. The number of nitrogens with zero attached hydrogens (tertiary/aromatic N) is 3. The first-order chi connectivity index (χ1) is 11.7. The molecule has 0 radical (unpaired) electrons. The van der Waals surface area contributed by atoms with Crippen molar-refractivity contribution >= 4 is 11.7 Å². The fourth-order valence-electron chi connectivity index (χ4n) is 2.92. The molecule has 24 heavy (non-hydrogen) atoms. The number of hydrogen-bond acceptors (Lipinski definition) is 4. The van der Waals surface area contributed by atoms with Gasteiger partial charge in [-0.1, -0.05) is 25.5 Å². The normalized spacial score (nSPS) is 14.2. The Bertz CT molecular complexity index is 713. The second-order valence-electron chi connectivity index (χ2n) is 6.05. The van der Waals surface area contributed by atoms with Crippen molar-refractivity contribution in [2.45, 2.75) is 45.3 Å². The highest BCUT2D eigenvalue weighted by molar-refractivity contribution is 5.89. The maximum atomic E-state index is 11.9. The first kappa shape index (κ1) is 16.4. The summed E-state index contributed by atoms with van der Waals surface area (Å²) in [5, 5.41) is 23.6. The Hall–Kier alpha value is -2.41. The first-order valence-corrected chi connectivity index (χ1v) is 8.43. The molecule has 0 spiro atoms. The van der Waals surface area contributed by atoms with Gasteiger partial charge in [0.15, 0.2) is 5.82 Å². The van der Waals surface area contributed by atoms with Crippen LogP contribution >= 0.6 is 0 Å². The molecule has 0 bridgehead atoms. The summed E-state index contributed by atoms with van der Waals surface area (Å²) in [5.41, 5.74) is 1.62. The Labute approximate surface area is 141 Å². The predicted molar refractivity (Wildman–Crippen MR) is 91.7 cm³/mol. The van der Waals surface area contributed by atoms with Gasteiger partial charge in [-0.05, 0) is 25.0 Å². The van der Waals surface area contributed by atoms with Gasteiger partial charge in [0.25, 0.3) is 0 Å². The van der Waals surface area contributed by atoms with Gasteiger partial charge in [-0.25, -0.2) is 4.79 Å². The van der Waals surface area contributed by atoms with Gasteiger partial charge >= 0.3 is 6.03 Å². The second-order valence-corrected chi connectivity index (χ2v) is 6.05. The third-order valence-electron chi connectivity index (χ3n) is 4.11. The van der Waals surface area contributed by atoms with Crippen molar-refractivity contribution in [1.29, 1.82) is 0 Å². The van der Waals surface area contributed by atoms with Crippen LogP contribution in [0.4, 0.5) is 10.5 Å². The van der Waals surface area contributed by atoms with E-state index >= 15 is 0 Å². The Kier molecular flexibility index (Phi) is 5.10. The van der Waals surface area contributed by atoms with Crippen molar-refractivity contribution in [2.75, 3.05) is 11.9 Å². The lowest BCUT2D eigenvalue weighted by Crippen LogP contribution is -2.35. The average Bonchev–Trinajstić information content (AvgIpc) is 3.16. The molecule has 7 heteroatoms. The number of amides is 2. The van der Waals surface area contributed by atoms with Crippen molar-refractivity contribution < 1.29 is 9.90 Å². The lowest BCUT2D eigenvalue weighted by molar-refractivity contribution is 0.162. The zero-order valence-corrected chi connectivity index (χ0v) is 13.8. The van der Waals surface area contributed by atoms with Gasteiger partial charge in [-0.3, -0.25) is 0 Å². The summed E-state index contributed by atoms with van der Waals surface area (Å²) in [7, 11) is 0. The van der Waals surface area contributed by atoms with Crippen LogP contribution in [0, 0.1) is 0 Å². The molecule has 2 aromatic rings. The second kappa shape index (κ2) is 7.44. The zero-order chi connectivity index (χ0) is 16.9. The largest absolute Gasteiger partial charge is 0.391 e. The summed E-state index contributed by atoms with van der Waals surface area (Å²) in [4.78, 5) is 11.9. The molecular weight excluding hydrogens is 306 g/mol. The number of aryl methyl sites for hydroxylation is 1. The molecule has 1 aliphatic rings. The number of hydrogen-bond donors (Lipinski definition) is 3. The molecular formula is C17H23N5O2. The van der Waals surface area contributed by atoms with Gasteiger partial charge in [-0.15, -0.1) is 10.2 Å². The lowest BCUT2D eigenvalue weighted by atomic mass is 10.2. The summed E-state index contributed by atoms with van der Waals surface area (Å²) in [5.74, 6) is 1.86. The van der Waals surface area contributed by atoms with Crippen LogP contribution in [0.15, 0.2) is 24.3 Å². The van der Waals surface area contributed by atoms with Crippen LogP contribution < -0.4 is 10.6 Å². The minimum Gasteiger partial charge on any atom is -0.391 e. The van der Waals surface area contributed by atoms with E-state index in [1.807, 2.05) is 31.2 Å². The molecule has 2 amide bonds. The van der Waals surface area contributed by atoms with Gasteiger partial charge in [0.2, 0.25) is 0 Å². The number of aliphatic hydroxyl groups excluding tert-OH is 1. The van der Waals surface area contributed by atoms with Gasteiger partial charge in [0.05, 0.1) is 6.10 Å². The molecule has 1 unspecified atom stereocenters. The summed E-state index contributed by atoms with van der Waals surface area (Å²) >= 11 is 0. The number of fused-ring (bicyclic) bond motifs is 1. The smallest absolute Gasteiger partial charge is 0.319 e. The van der Waals surface area contributed by atoms with E-state index in [0.29, 0.717) is 12.1 Å². The Balaban J connectivity index is 1.64. The summed E-state index contributed by atoms with van der Waals surface area (Å²) in [6.07, 6.45) is 3.11. The van der Waals surface area contributed by atoms with Gasteiger partial charge in [0, 0.05) is 30.8 Å². The van der Waals surface area contributed by atoms with E-state index in [1.165, 1.54) is 0 Å². The standard InChI is InChI=1S/C17H23N5O2/c1-2-5-14(23)11-18-17(24)19-13-7-3-6-12(10-13)16-21-20-15-8-4-9-22(15)16/h3,6-7,10,14,23H,2,4-5,8-9,11H2,1H3,(H2,18,19,24). The third-order valence-corrected chi connectivity index (χ3v) is 4.11. The van der Waals surface area contributed by atoms with Crippen LogP contribution in [-0.2, 0) is 13.0 Å². The molecule has 7 nitrogen and oxygen atoms in total. The van der Waals surface area contributed by atoms with Crippen LogP contribution in [-0.4, -0.2) is 38.6 Å². The highest BCUT2D eigenvalue weighted by atomic mass is 16.3. The van der Waals surface area contributed by atoms with Crippen LogP contribution in [0.5, 0.6) is 0 Å². The topological polar surface area (TPSA) is 92.1 Å². The SMILES string of the molecule is CCCC(O)CNC(=O)Nc1cccc(-c2nnc3n2CCC3)c1. The van der Waals surface area contributed by atoms with E-state index in [9.17, 15) is 9.90 Å². The Morgan fingerprint density at radius 2 is 2.29 bits per heavy atom. The molecule has 1 atom stereocenters. The van der Waals surface area contributed by atoms with Gasteiger partial charge in [-0.2, -0.15) is 0 Å². The van der Waals surface area contributed by atoms with E-state index in [1.54, 1.807) is 0 Å². The average molecular weight is 329 g/mol. The van der Waals surface area contributed by atoms with Gasteiger partial charge in [0.1, 0.15) is 5.82 Å². The number of rotatable bonds is 6. The minimum atomic E-state index is -0.509.